The summed E-state index contributed by atoms with van der Waals surface area (Å²) in [6.07, 6.45) is 1.68. The van der Waals surface area contributed by atoms with Gasteiger partial charge in [-0.3, -0.25) is 9.89 Å². The third-order valence-electron chi connectivity index (χ3n) is 4.31. The molecule has 3 heterocycles. The molecule has 1 fully saturated rings. The average molecular weight is 325 g/mol. The van der Waals surface area contributed by atoms with Crippen LogP contribution < -0.4 is 4.90 Å². The van der Waals surface area contributed by atoms with E-state index >= 15 is 0 Å². The summed E-state index contributed by atoms with van der Waals surface area (Å²) in [5, 5.41) is 7.71. The summed E-state index contributed by atoms with van der Waals surface area (Å²) >= 11 is 0. The first kappa shape index (κ1) is 14.6. The minimum absolute atomic E-state index is 0.00569. The number of piperazine rings is 1. The molecule has 0 spiro atoms. The summed E-state index contributed by atoms with van der Waals surface area (Å²) in [4.78, 5) is 20.5. The van der Waals surface area contributed by atoms with E-state index in [4.69, 9.17) is 0 Å². The van der Waals surface area contributed by atoms with E-state index in [0.717, 1.165) is 10.9 Å². The summed E-state index contributed by atoms with van der Waals surface area (Å²) in [5.41, 5.74) is 1.50. The van der Waals surface area contributed by atoms with Crippen LogP contribution >= 0.6 is 0 Å². The largest absolute Gasteiger partial charge is 0.353 e. The first-order valence-electron chi connectivity index (χ1n) is 7.81. The first-order valence-corrected chi connectivity index (χ1v) is 7.81. The molecule has 0 bridgehead atoms. The van der Waals surface area contributed by atoms with Crippen molar-refractivity contribution in [2.75, 3.05) is 31.1 Å². The topological polar surface area (TPSA) is 65.1 Å². The number of carbonyl (C=O) groups excluding carboxylic acids is 1. The van der Waals surface area contributed by atoms with Crippen LogP contribution in [0.1, 0.15) is 10.4 Å². The zero-order valence-electron chi connectivity index (χ0n) is 12.9. The molecule has 1 saturated heterocycles. The molecule has 1 amide bonds. The second kappa shape index (κ2) is 5.92. The van der Waals surface area contributed by atoms with Gasteiger partial charge in [0, 0.05) is 31.6 Å². The van der Waals surface area contributed by atoms with E-state index in [1.165, 1.54) is 6.07 Å². The highest BCUT2D eigenvalue weighted by molar-refractivity contribution is 6.06. The molecule has 0 saturated carbocycles. The second-order valence-electron chi connectivity index (χ2n) is 5.73. The molecular formula is C17H16FN5O. The number of nitrogens with zero attached hydrogens (tertiary/aromatic N) is 4. The number of carbonyl (C=O) groups is 1. The van der Waals surface area contributed by atoms with Gasteiger partial charge >= 0.3 is 0 Å². The molecule has 1 aromatic carbocycles. The number of benzene rings is 1. The van der Waals surface area contributed by atoms with Crippen LogP contribution in [0.5, 0.6) is 0 Å². The number of pyridine rings is 1. The SMILES string of the molecule is O=C(c1cccc2[nH]ncc12)N1CCN(c2cccc(F)n2)CC1. The number of halogens is 1. The van der Waals surface area contributed by atoms with Gasteiger partial charge in [-0.2, -0.15) is 9.49 Å². The Morgan fingerprint density at radius 1 is 1.08 bits per heavy atom. The van der Waals surface area contributed by atoms with E-state index < -0.39 is 5.95 Å². The number of H-pyrrole nitrogens is 1. The number of rotatable bonds is 2. The molecule has 0 aliphatic carbocycles. The van der Waals surface area contributed by atoms with Gasteiger partial charge in [0.15, 0.2) is 0 Å². The summed E-state index contributed by atoms with van der Waals surface area (Å²) in [6.45, 7) is 2.41. The lowest BCUT2D eigenvalue weighted by atomic mass is 10.1. The first-order chi connectivity index (χ1) is 11.7. The zero-order valence-corrected chi connectivity index (χ0v) is 12.9. The lowest BCUT2D eigenvalue weighted by Crippen LogP contribution is -2.49. The van der Waals surface area contributed by atoms with Crippen molar-refractivity contribution in [3.8, 4) is 0 Å². The minimum Gasteiger partial charge on any atom is -0.353 e. The van der Waals surface area contributed by atoms with Gasteiger partial charge in [-0.05, 0) is 24.3 Å². The molecule has 0 atom stereocenters. The highest BCUT2D eigenvalue weighted by Crippen LogP contribution is 2.20. The summed E-state index contributed by atoms with van der Waals surface area (Å²) in [6, 6.07) is 10.3. The standard InChI is InChI=1S/C17H16FN5O/c18-15-5-2-6-16(20-15)22-7-9-23(10-8-22)17(24)12-3-1-4-14-13(12)11-19-21-14/h1-6,11H,7-10H2,(H,19,21). The van der Waals surface area contributed by atoms with E-state index in [0.29, 0.717) is 37.6 Å². The number of nitrogens with one attached hydrogen (secondary N) is 1. The Balaban J connectivity index is 1.49. The van der Waals surface area contributed by atoms with Crippen LogP contribution in [0.4, 0.5) is 10.2 Å². The Labute approximate surface area is 137 Å². The Hall–Kier alpha value is -2.96. The fourth-order valence-corrected chi connectivity index (χ4v) is 3.04. The van der Waals surface area contributed by atoms with Crippen molar-refractivity contribution in [1.82, 2.24) is 20.1 Å². The smallest absolute Gasteiger partial charge is 0.254 e. The van der Waals surface area contributed by atoms with Gasteiger partial charge in [0.25, 0.3) is 5.91 Å². The predicted octanol–water partition coefficient (Wildman–Crippen LogP) is 2.06. The van der Waals surface area contributed by atoms with Gasteiger partial charge in [0.1, 0.15) is 5.82 Å². The maximum absolute atomic E-state index is 13.3. The Morgan fingerprint density at radius 2 is 1.88 bits per heavy atom. The Morgan fingerprint density at radius 3 is 2.67 bits per heavy atom. The molecule has 1 aliphatic rings. The van der Waals surface area contributed by atoms with E-state index in [9.17, 15) is 9.18 Å². The molecule has 0 unspecified atom stereocenters. The zero-order chi connectivity index (χ0) is 16.5. The van der Waals surface area contributed by atoms with Gasteiger partial charge in [0.2, 0.25) is 5.95 Å². The summed E-state index contributed by atoms with van der Waals surface area (Å²) in [5.74, 6) is 0.116. The number of aromatic amines is 1. The van der Waals surface area contributed by atoms with Gasteiger partial charge in [-0.25, -0.2) is 4.98 Å². The monoisotopic (exact) mass is 325 g/mol. The predicted molar refractivity (Wildman–Crippen MR) is 88.4 cm³/mol. The van der Waals surface area contributed by atoms with Gasteiger partial charge in [0.05, 0.1) is 17.3 Å². The number of aromatic nitrogens is 3. The summed E-state index contributed by atoms with van der Waals surface area (Å²) in [7, 11) is 0. The van der Waals surface area contributed by atoms with Crippen LogP contribution in [0, 0.1) is 5.95 Å². The third-order valence-corrected chi connectivity index (χ3v) is 4.31. The van der Waals surface area contributed by atoms with Crippen molar-refractivity contribution in [2.24, 2.45) is 0 Å². The molecule has 4 rings (SSSR count). The van der Waals surface area contributed by atoms with E-state index in [2.05, 4.69) is 15.2 Å². The molecule has 3 aromatic rings. The van der Waals surface area contributed by atoms with Crippen LogP contribution in [-0.2, 0) is 0 Å². The van der Waals surface area contributed by atoms with E-state index in [1.54, 1.807) is 18.3 Å². The Kier molecular flexibility index (Phi) is 3.60. The number of fused-ring (bicyclic) bond motifs is 1. The van der Waals surface area contributed by atoms with Crippen molar-refractivity contribution < 1.29 is 9.18 Å². The molecular weight excluding hydrogens is 309 g/mol. The summed E-state index contributed by atoms with van der Waals surface area (Å²) < 4.78 is 13.3. The van der Waals surface area contributed by atoms with Crippen molar-refractivity contribution in [1.29, 1.82) is 0 Å². The highest BCUT2D eigenvalue weighted by atomic mass is 19.1. The van der Waals surface area contributed by atoms with Crippen molar-refractivity contribution in [3.05, 3.63) is 54.1 Å². The van der Waals surface area contributed by atoms with Crippen molar-refractivity contribution >= 4 is 22.6 Å². The van der Waals surface area contributed by atoms with E-state index in [1.807, 2.05) is 28.0 Å². The fourth-order valence-electron chi connectivity index (χ4n) is 3.04. The van der Waals surface area contributed by atoms with Crippen LogP contribution in [0.25, 0.3) is 10.9 Å². The molecule has 122 valence electrons. The van der Waals surface area contributed by atoms with Gasteiger partial charge in [-0.1, -0.05) is 12.1 Å². The van der Waals surface area contributed by atoms with E-state index in [-0.39, 0.29) is 5.91 Å². The normalized spacial score (nSPS) is 15.0. The second-order valence-corrected chi connectivity index (χ2v) is 5.73. The number of hydrogen-bond acceptors (Lipinski definition) is 4. The highest BCUT2D eigenvalue weighted by Gasteiger charge is 2.24. The Bertz CT molecular complexity index is 885. The van der Waals surface area contributed by atoms with Gasteiger partial charge < -0.3 is 9.80 Å². The quantitative estimate of drug-likeness (QED) is 0.733. The van der Waals surface area contributed by atoms with Crippen molar-refractivity contribution in [2.45, 2.75) is 0 Å². The van der Waals surface area contributed by atoms with Crippen LogP contribution in [0.2, 0.25) is 0 Å². The average Bonchev–Trinajstić information content (AvgIpc) is 3.10. The maximum atomic E-state index is 13.3. The third kappa shape index (κ3) is 2.58. The fraction of sp³-hybridized carbons (Fsp3) is 0.235. The number of hydrogen-bond donors (Lipinski definition) is 1. The maximum Gasteiger partial charge on any atom is 0.254 e. The minimum atomic E-state index is -0.488. The van der Waals surface area contributed by atoms with Gasteiger partial charge in [-0.15, -0.1) is 0 Å². The van der Waals surface area contributed by atoms with Crippen molar-refractivity contribution in [3.63, 3.8) is 0 Å². The molecule has 1 N–H and O–H groups in total. The molecule has 6 nitrogen and oxygen atoms in total. The molecule has 1 aliphatic heterocycles. The molecule has 7 heteroatoms. The van der Waals surface area contributed by atoms with Crippen LogP contribution in [-0.4, -0.2) is 52.2 Å². The van der Waals surface area contributed by atoms with Crippen LogP contribution in [0.3, 0.4) is 0 Å². The molecule has 0 radical (unpaired) electrons. The number of amides is 1. The van der Waals surface area contributed by atoms with Crippen LogP contribution in [0.15, 0.2) is 42.6 Å². The lowest BCUT2D eigenvalue weighted by Gasteiger charge is -2.35. The lowest BCUT2D eigenvalue weighted by molar-refractivity contribution is 0.0748. The molecule has 2 aromatic heterocycles. The molecule has 24 heavy (non-hydrogen) atoms. The number of anilines is 1.